The molecule has 0 rings (SSSR count). The number of aliphatic carboxylic acids is 1. The summed E-state index contributed by atoms with van der Waals surface area (Å²) in [4.78, 5) is 21.9. The summed E-state index contributed by atoms with van der Waals surface area (Å²) in [6.07, 6.45) is -0.376. The number of rotatable bonds is 7. The summed E-state index contributed by atoms with van der Waals surface area (Å²) in [7, 11) is -2.80. The second kappa shape index (κ2) is 6.83. The van der Waals surface area contributed by atoms with E-state index in [2.05, 4.69) is 9.46 Å². The van der Waals surface area contributed by atoms with E-state index in [1.165, 1.54) is 7.11 Å². The Morgan fingerprint density at radius 3 is 2.21 bits per heavy atom. The molecule has 0 aliphatic carbocycles. The first-order chi connectivity index (χ1) is 8.47. The molecule has 9 heteroatoms. The summed E-state index contributed by atoms with van der Waals surface area (Å²) in [6, 6.07) is -1.39. The van der Waals surface area contributed by atoms with E-state index >= 15 is 0 Å². The van der Waals surface area contributed by atoms with E-state index in [1.807, 2.05) is 4.72 Å². The smallest absolute Gasteiger partial charge is 0.321 e. The number of carbonyl (C=O) groups excluding carboxylic acids is 1. The Morgan fingerprint density at radius 1 is 1.32 bits per heavy atom. The van der Waals surface area contributed by atoms with E-state index in [0.29, 0.717) is 0 Å². The molecule has 0 aliphatic rings. The number of carboxylic acid groups (broad SMARTS) is 1. The minimum Gasteiger partial charge on any atom is -0.480 e. The molecule has 0 saturated carbocycles. The molecule has 0 amide bonds. The van der Waals surface area contributed by atoms with Crippen molar-refractivity contribution in [1.29, 1.82) is 0 Å². The van der Waals surface area contributed by atoms with Crippen LogP contribution in [0.1, 0.15) is 33.6 Å². The SMILES string of the molecule is COC(=O)CC[C@@H](NS(=O)(=O)NC(C)(C)C)C(=O)O. The molecule has 0 aromatic rings. The minimum absolute atomic E-state index is 0.187. The van der Waals surface area contributed by atoms with Crippen LogP contribution < -0.4 is 9.44 Å². The molecule has 112 valence electrons. The Balaban J connectivity index is 4.67. The number of hydrogen-bond acceptors (Lipinski definition) is 5. The van der Waals surface area contributed by atoms with Gasteiger partial charge in [-0.25, -0.2) is 0 Å². The van der Waals surface area contributed by atoms with Crippen LogP contribution in [-0.2, 0) is 24.5 Å². The van der Waals surface area contributed by atoms with Crippen molar-refractivity contribution in [2.45, 2.75) is 45.2 Å². The maximum atomic E-state index is 11.7. The maximum absolute atomic E-state index is 11.7. The molecule has 0 saturated heterocycles. The Labute approximate surface area is 112 Å². The Bertz CT molecular complexity index is 426. The van der Waals surface area contributed by atoms with Crippen molar-refractivity contribution in [2.75, 3.05) is 7.11 Å². The van der Waals surface area contributed by atoms with Gasteiger partial charge in [-0.1, -0.05) is 0 Å². The van der Waals surface area contributed by atoms with Crippen molar-refractivity contribution in [3.63, 3.8) is 0 Å². The monoisotopic (exact) mass is 296 g/mol. The van der Waals surface area contributed by atoms with Gasteiger partial charge in [-0.15, -0.1) is 0 Å². The van der Waals surface area contributed by atoms with Crippen LogP contribution in [0.5, 0.6) is 0 Å². The first-order valence-electron chi connectivity index (χ1n) is 5.57. The lowest BCUT2D eigenvalue weighted by Gasteiger charge is -2.22. The van der Waals surface area contributed by atoms with E-state index < -0.39 is 33.7 Å². The van der Waals surface area contributed by atoms with E-state index in [1.54, 1.807) is 20.8 Å². The molecule has 0 aromatic carbocycles. The van der Waals surface area contributed by atoms with Crippen LogP contribution >= 0.6 is 0 Å². The molecule has 0 spiro atoms. The van der Waals surface area contributed by atoms with Gasteiger partial charge in [0, 0.05) is 12.0 Å². The van der Waals surface area contributed by atoms with Crippen LogP contribution in [-0.4, -0.2) is 44.2 Å². The highest BCUT2D eigenvalue weighted by atomic mass is 32.2. The molecule has 0 bridgehead atoms. The standard InChI is InChI=1S/C10H20N2O6S/c1-10(2,3)12-19(16,17)11-7(9(14)15)5-6-8(13)18-4/h7,11-12H,5-6H2,1-4H3,(H,14,15)/t7-/m1/s1. The predicted octanol–water partition coefficient (Wildman–Crippen LogP) is -0.385. The van der Waals surface area contributed by atoms with Crippen molar-refractivity contribution < 1.29 is 27.9 Å². The van der Waals surface area contributed by atoms with Crippen molar-refractivity contribution >= 4 is 22.1 Å². The largest absolute Gasteiger partial charge is 0.480 e. The average molecular weight is 296 g/mol. The Hall–Kier alpha value is -1.19. The van der Waals surface area contributed by atoms with Gasteiger partial charge in [0.15, 0.2) is 0 Å². The van der Waals surface area contributed by atoms with Gasteiger partial charge in [-0.05, 0) is 27.2 Å². The second-order valence-electron chi connectivity index (χ2n) is 4.98. The fourth-order valence-corrected chi connectivity index (χ4v) is 2.68. The van der Waals surface area contributed by atoms with Crippen molar-refractivity contribution in [1.82, 2.24) is 9.44 Å². The summed E-state index contributed by atoms with van der Waals surface area (Å²) in [6.45, 7) is 4.86. The van der Waals surface area contributed by atoms with E-state index in [9.17, 15) is 18.0 Å². The molecule has 8 nitrogen and oxygen atoms in total. The van der Waals surface area contributed by atoms with Crippen molar-refractivity contribution in [3.8, 4) is 0 Å². The fraction of sp³-hybridized carbons (Fsp3) is 0.800. The first-order valence-corrected chi connectivity index (χ1v) is 7.06. The number of carbonyl (C=O) groups is 2. The molecule has 0 unspecified atom stereocenters. The summed E-state index contributed by atoms with van der Waals surface area (Å²) < 4.78 is 32.0. The normalized spacial score (nSPS) is 13.9. The summed E-state index contributed by atoms with van der Waals surface area (Å²) in [5.74, 6) is -1.96. The predicted molar refractivity (Wildman–Crippen MR) is 67.6 cm³/mol. The number of hydrogen-bond donors (Lipinski definition) is 3. The van der Waals surface area contributed by atoms with Gasteiger partial charge in [-0.2, -0.15) is 17.9 Å². The average Bonchev–Trinajstić information content (AvgIpc) is 2.19. The van der Waals surface area contributed by atoms with Crippen LogP contribution in [0.2, 0.25) is 0 Å². The van der Waals surface area contributed by atoms with E-state index in [4.69, 9.17) is 5.11 Å². The van der Waals surface area contributed by atoms with Crippen LogP contribution in [0, 0.1) is 0 Å². The number of methoxy groups -OCH3 is 1. The quantitative estimate of drug-likeness (QED) is 0.550. The van der Waals surface area contributed by atoms with Gasteiger partial charge in [0.1, 0.15) is 6.04 Å². The number of carboxylic acids is 1. The molecule has 3 N–H and O–H groups in total. The first kappa shape index (κ1) is 17.8. The zero-order valence-electron chi connectivity index (χ0n) is 11.4. The van der Waals surface area contributed by atoms with Gasteiger partial charge in [0.25, 0.3) is 10.2 Å². The fourth-order valence-electron chi connectivity index (χ4n) is 1.22. The van der Waals surface area contributed by atoms with Crippen LogP contribution in [0.4, 0.5) is 0 Å². The molecule has 0 aromatic heterocycles. The van der Waals surface area contributed by atoms with Gasteiger partial charge < -0.3 is 9.84 Å². The molecule has 0 aliphatic heterocycles. The number of esters is 1. The highest BCUT2D eigenvalue weighted by Crippen LogP contribution is 2.04. The van der Waals surface area contributed by atoms with Crippen molar-refractivity contribution in [2.24, 2.45) is 0 Å². The van der Waals surface area contributed by atoms with Crippen LogP contribution in [0.25, 0.3) is 0 Å². The van der Waals surface area contributed by atoms with E-state index in [-0.39, 0.29) is 12.8 Å². The second-order valence-corrected chi connectivity index (χ2v) is 6.43. The molecule has 0 radical (unpaired) electrons. The zero-order chi connectivity index (χ0) is 15.3. The lowest BCUT2D eigenvalue weighted by molar-refractivity contribution is -0.142. The third-order valence-corrected chi connectivity index (χ3v) is 3.38. The number of nitrogens with one attached hydrogen (secondary N) is 2. The molecule has 19 heavy (non-hydrogen) atoms. The third kappa shape index (κ3) is 8.51. The van der Waals surface area contributed by atoms with Crippen LogP contribution in [0.15, 0.2) is 0 Å². The van der Waals surface area contributed by atoms with Gasteiger partial charge in [-0.3, -0.25) is 9.59 Å². The van der Waals surface area contributed by atoms with Gasteiger partial charge >= 0.3 is 11.9 Å². The zero-order valence-corrected chi connectivity index (χ0v) is 12.2. The summed E-state index contributed by atoms with van der Waals surface area (Å²) in [5.41, 5.74) is -0.739. The third-order valence-electron chi connectivity index (χ3n) is 1.90. The topological polar surface area (TPSA) is 122 Å². The highest BCUT2D eigenvalue weighted by molar-refractivity contribution is 7.87. The summed E-state index contributed by atoms with van der Waals surface area (Å²) >= 11 is 0. The number of ether oxygens (including phenoxy) is 1. The highest BCUT2D eigenvalue weighted by Gasteiger charge is 2.27. The lowest BCUT2D eigenvalue weighted by Crippen LogP contribution is -2.51. The summed E-state index contributed by atoms with van der Waals surface area (Å²) in [5, 5.41) is 8.91. The maximum Gasteiger partial charge on any atom is 0.321 e. The molecular weight excluding hydrogens is 276 g/mol. The van der Waals surface area contributed by atoms with E-state index in [0.717, 1.165) is 0 Å². The molecular formula is C10H20N2O6S. The molecule has 0 heterocycles. The Kier molecular flexibility index (Phi) is 6.40. The molecule has 0 fully saturated rings. The lowest BCUT2D eigenvalue weighted by atomic mass is 10.1. The van der Waals surface area contributed by atoms with Gasteiger partial charge in [0.2, 0.25) is 0 Å². The molecule has 1 atom stereocenters. The van der Waals surface area contributed by atoms with Gasteiger partial charge in [0.05, 0.1) is 7.11 Å². The Morgan fingerprint density at radius 2 is 1.84 bits per heavy atom. The minimum atomic E-state index is -3.97. The van der Waals surface area contributed by atoms with Crippen LogP contribution in [0.3, 0.4) is 0 Å². The van der Waals surface area contributed by atoms with Crippen molar-refractivity contribution in [3.05, 3.63) is 0 Å².